The van der Waals surface area contributed by atoms with E-state index in [1.54, 1.807) is 12.5 Å². The monoisotopic (exact) mass is 465 g/mol. The Morgan fingerprint density at radius 3 is 2.90 bits per heavy atom. The first-order valence-corrected chi connectivity index (χ1v) is 11.1. The summed E-state index contributed by atoms with van der Waals surface area (Å²) in [5.74, 6) is 1.15. The van der Waals surface area contributed by atoms with Crippen molar-refractivity contribution in [2.24, 2.45) is 0 Å². The van der Waals surface area contributed by atoms with Gasteiger partial charge in [-0.25, -0.2) is 4.98 Å². The number of aliphatic hydroxyl groups excluding tert-OH is 1. The van der Waals surface area contributed by atoms with Crippen LogP contribution in [0.1, 0.15) is 35.6 Å². The molecule has 2 aromatic carbocycles. The van der Waals surface area contributed by atoms with E-state index in [-0.39, 0.29) is 6.61 Å². The third-order valence-corrected chi connectivity index (χ3v) is 6.37. The quantitative estimate of drug-likeness (QED) is 0.419. The first-order valence-electron chi connectivity index (χ1n) is 10.3. The molecule has 0 fully saturated rings. The number of fused-ring (bicyclic) bond motifs is 3. The number of imidazole rings is 1. The van der Waals surface area contributed by atoms with Gasteiger partial charge in [0.25, 0.3) is 0 Å². The molecule has 0 saturated heterocycles. The Bertz CT molecular complexity index is 1140. The summed E-state index contributed by atoms with van der Waals surface area (Å²) in [6.07, 6.45) is 8.11. The summed E-state index contributed by atoms with van der Waals surface area (Å²) in [7, 11) is 0. The van der Waals surface area contributed by atoms with E-state index in [4.69, 9.17) is 4.74 Å². The second-order valence-corrected chi connectivity index (χ2v) is 8.86. The maximum absolute atomic E-state index is 10.2. The van der Waals surface area contributed by atoms with Gasteiger partial charge in [-0.2, -0.15) is 0 Å². The molecule has 2 heterocycles. The Morgan fingerprint density at radius 1 is 1.23 bits per heavy atom. The van der Waals surface area contributed by atoms with Crippen molar-refractivity contribution >= 4 is 26.8 Å². The second-order valence-electron chi connectivity index (χ2n) is 7.95. The Balaban J connectivity index is 1.30. The molecule has 2 aromatic heterocycles. The third kappa shape index (κ3) is 3.89. The van der Waals surface area contributed by atoms with Crippen molar-refractivity contribution in [2.45, 2.75) is 37.8 Å². The van der Waals surface area contributed by atoms with E-state index in [0.717, 1.165) is 23.1 Å². The van der Waals surface area contributed by atoms with Crippen molar-refractivity contribution in [3.8, 4) is 5.75 Å². The molecule has 4 aromatic rings. The maximum Gasteiger partial charge on any atom is 0.119 e. The summed E-state index contributed by atoms with van der Waals surface area (Å²) in [6, 6.07) is 14.8. The van der Waals surface area contributed by atoms with Gasteiger partial charge in [-0.15, -0.1) is 0 Å². The molecule has 0 radical (unpaired) electrons. The summed E-state index contributed by atoms with van der Waals surface area (Å²) >= 11 is 3.60. The lowest BCUT2D eigenvalue weighted by Crippen LogP contribution is -2.23. The molecule has 2 N–H and O–H groups in total. The number of hydrogen-bond acceptors (Lipinski definition) is 3. The molecule has 0 saturated carbocycles. The molecule has 154 valence electrons. The van der Waals surface area contributed by atoms with Gasteiger partial charge in [-0.1, -0.05) is 28.1 Å². The van der Waals surface area contributed by atoms with Gasteiger partial charge in [0, 0.05) is 39.4 Å². The van der Waals surface area contributed by atoms with E-state index in [1.807, 2.05) is 22.9 Å². The van der Waals surface area contributed by atoms with E-state index in [0.29, 0.717) is 12.5 Å². The number of ether oxygens (including phenoxy) is 1. The van der Waals surface area contributed by atoms with Crippen LogP contribution < -0.4 is 4.74 Å². The highest BCUT2D eigenvalue weighted by Gasteiger charge is 2.25. The van der Waals surface area contributed by atoms with E-state index < -0.39 is 6.10 Å². The first-order chi connectivity index (χ1) is 14.7. The number of aryl methyl sites for hydroxylation is 1. The molecule has 2 atom stereocenters. The number of aromatic nitrogens is 3. The number of aromatic amines is 1. The van der Waals surface area contributed by atoms with E-state index in [2.05, 4.69) is 56.2 Å². The molecule has 1 aliphatic rings. The average molecular weight is 466 g/mol. The molecule has 5 nitrogen and oxygen atoms in total. The molecule has 6 heteroatoms. The van der Waals surface area contributed by atoms with Gasteiger partial charge in [0.15, 0.2) is 0 Å². The number of rotatable bonds is 6. The van der Waals surface area contributed by atoms with Crippen LogP contribution in [-0.4, -0.2) is 32.4 Å². The number of H-pyrrole nitrogens is 1. The topological polar surface area (TPSA) is 63.1 Å². The van der Waals surface area contributed by atoms with Crippen LogP contribution in [0, 0.1) is 0 Å². The molecular weight excluding hydrogens is 442 g/mol. The van der Waals surface area contributed by atoms with Crippen molar-refractivity contribution < 1.29 is 9.84 Å². The van der Waals surface area contributed by atoms with Crippen LogP contribution in [0.3, 0.4) is 0 Å². The lowest BCUT2D eigenvalue weighted by Gasteiger charge is -2.23. The van der Waals surface area contributed by atoms with E-state index in [1.165, 1.54) is 34.1 Å². The minimum atomic E-state index is -0.578. The smallest absolute Gasteiger partial charge is 0.119 e. The molecule has 0 spiro atoms. The standard InChI is InChI=1S/C24H24BrN3O2/c25-17-6-9-23-22(12-17)21-3-1-2-20(24(21)27-23)16-4-7-19(8-5-16)30-14-18(29)13-28-11-10-26-15-28/h4-12,15,18,20,27,29H,1-3,13-14H2. The summed E-state index contributed by atoms with van der Waals surface area (Å²) < 4.78 is 8.76. The van der Waals surface area contributed by atoms with Gasteiger partial charge in [-0.05, 0) is 60.7 Å². The van der Waals surface area contributed by atoms with Crippen LogP contribution in [0.25, 0.3) is 10.9 Å². The molecule has 0 amide bonds. The van der Waals surface area contributed by atoms with Gasteiger partial charge >= 0.3 is 0 Å². The lowest BCUT2D eigenvalue weighted by atomic mass is 9.82. The molecule has 30 heavy (non-hydrogen) atoms. The molecule has 0 aliphatic heterocycles. The van der Waals surface area contributed by atoms with Crippen molar-refractivity contribution in [3.05, 3.63) is 82.5 Å². The highest BCUT2D eigenvalue weighted by Crippen LogP contribution is 2.40. The normalized spacial score (nSPS) is 17.1. The van der Waals surface area contributed by atoms with Gasteiger partial charge in [0.1, 0.15) is 18.5 Å². The Morgan fingerprint density at radius 2 is 2.10 bits per heavy atom. The van der Waals surface area contributed by atoms with Crippen LogP contribution in [0.15, 0.2) is 65.7 Å². The number of halogens is 1. The SMILES string of the molecule is OC(COc1ccc(C2CCCc3c2[nH]c2ccc(Br)cc32)cc1)Cn1ccnc1. The minimum Gasteiger partial charge on any atom is -0.491 e. The number of nitrogens with one attached hydrogen (secondary N) is 1. The van der Waals surface area contributed by atoms with Crippen molar-refractivity contribution in [2.75, 3.05) is 6.61 Å². The highest BCUT2D eigenvalue weighted by molar-refractivity contribution is 9.10. The predicted molar refractivity (Wildman–Crippen MR) is 121 cm³/mol. The van der Waals surface area contributed by atoms with Crippen LogP contribution in [-0.2, 0) is 13.0 Å². The van der Waals surface area contributed by atoms with Crippen LogP contribution in [0.2, 0.25) is 0 Å². The van der Waals surface area contributed by atoms with Gasteiger partial charge in [0.2, 0.25) is 0 Å². The molecular formula is C24H24BrN3O2. The van der Waals surface area contributed by atoms with Crippen LogP contribution in [0.4, 0.5) is 0 Å². The fourth-order valence-corrected chi connectivity index (χ4v) is 4.81. The van der Waals surface area contributed by atoms with Crippen LogP contribution in [0.5, 0.6) is 5.75 Å². The highest BCUT2D eigenvalue weighted by atomic mass is 79.9. The first kappa shape index (κ1) is 19.4. The number of hydrogen-bond donors (Lipinski definition) is 2. The zero-order valence-electron chi connectivity index (χ0n) is 16.6. The summed E-state index contributed by atoms with van der Waals surface area (Å²) in [5, 5.41) is 11.5. The maximum atomic E-state index is 10.2. The second kappa shape index (κ2) is 8.28. The molecule has 2 unspecified atom stereocenters. The average Bonchev–Trinajstić information content (AvgIpc) is 3.40. The van der Waals surface area contributed by atoms with Gasteiger partial charge in [-0.3, -0.25) is 0 Å². The Hall–Kier alpha value is -2.57. The summed E-state index contributed by atoms with van der Waals surface area (Å²) in [4.78, 5) is 7.66. The largest absolute Gasteiger partial charge is 0.491 e. The lowest BCUT2D eigenvalue weighted by molar-refractivity contribution is 0.0924. The molecule has 5 rings (SSSR count). The zero-order valence-corrected chi connectivity index (χ0v) is 18.2. The fraction of sp³-hybridized carbons (Fsp3) is 0.292. The number of benzene rings is 2. The van der Waals surface area contributed by atoms with E-state index >= 15 is 0 Å². The van der Waals surface area contributed by atoms with E-state index in [9.17, 15) is 5.11 Å². The van der Waals surface area contributed by atoms with Gasteiger partial charge in [0.05, 0.1) is 12.9 Å². The minimum absolute atomic E-state index is 0.252. The zero-order chi connectivity index (χ0) is 20.5. The van der Waals surface area contributed by atoms with Crippen molar-refractivity contribution in [1.29, 1.82) is 0 Å². The van der Waals surface area contributed by atoms with Crippen molar-refractivity contribution in [3.63, 3.8) is 0 Å². The number of nitrogens with zero attached hydrogens (tertiary/aromatic N) is 2. The Kier molecular flexibility index (Phi) is 5.35. The summed E-state index contributed by atoms with van der Waals surface area (Å²) in [5.41, 5.74) is 5.30. The summed E-state index contributed by atoms with van der Waals surface area (Å²) in [6.45, 7) is 0.724. The van der Waals surface area contributed by atoms with Crippen LogP contribution >= 0.6 is 15.9 Å². The predicted octanol–water partition coefficient (Wildman–Crippen LogP) is 5.04. The molecule has 0 bridgehead atoms. The van der Waals surface area contributed by atoms with Crippen molar-refractivity contribution in [1.82, 2.24) is 14.5 Å². The van der Waals surface area contributed by atoms with Gasteiger partial charge < -0.3 is 19.4 Å². The molecule has 1 aliphatic carbocycles. The Labute approximate surface area is 183 Å². The number of aliphatic hydroxyl groups is 1. The fourth-order valence-electron chi connectivity index (χ4n) is 4.45. The third-order valence-electron chi connectivity index (χ3n) is 5.87.